The van der Waals surface area contributed by atoms with Crippen molar-refractivity contribution in [1.29, 1.82) is 0 Å². The summed E-state index contributed by atoms with van der Waals surface area (Å²) in [4.78, 5) is 14.3. The zero-order chi connectivity index (χ0) is 15.1. The molecule has 0 heterocycles. The van der Waals surface area contributed by atoms with Gasteiger partial charge in [0.25, 0.3) is 0 Å². The molecule has 0 saturated heterocycles. The molecule has 0 atom stereocenters. The summed E-state index contributed by atoms with van der Waals surface area (Å²) in [5, 5.41) is 0. The van der Waals surface area contributed by atoms with E-state index in [0.717, 1.165) is 11.1 Å². The molecule has 0 amide bonds. The third-order valence-electron chi connectivity index (χ3n) is 4.21. The van der Waals surface area contributed by atoms with Crippen molar-refractivity contribution in [3.05, 3.63) is 41.5 Å². The molecule has 0 aliphatic heterocycles. The number of hydrogen-bond acceptors (Lipinski definition) is 3. The third kappa shape index (κ3) is 4.71. The molecule has 1 saturated carbocycles. The molecule has 1 aliphatic carbocycles. The van der Waals surface area contributed by atoms with E-state index in [2.05, 4.69) is 11.9 Å². The molecular formula is C18H25NO2. The Morgan fingerprint density at radius 1 is 1.24 bits per heavy atom. The van der Waals surface area contributed by atoms with Crippen LogP contribution in [-0.2, 0) is 9.53 Å². The van der Waals surface area contributed by atoms with Crippen molar-refractivity contribution in [3.8, 4) is 0 Å². The highest BCUT2D eigenvalue weighted by Crippen LogP contribution is 2.22. The van der Waals surface area contributed by atoms with Gasteiger partial charge < -0.3 is 4.74 Å². The number of benzene rings is 1. The second kappa shape index (κ2) is 7.99. The van der Waals surface area contributed by atoms with E-state index in [1.165, 1.54) is 39.2 Å². The largest absolute Gasteiger partial charge is 0.466 e. The number of nitrogens with zero attached hydrogens (tertiary/aromatic N) is 1. The quantitative estimate of drug-likeness (QED) is 0.613. The highest BCUT2D eigenvalue weighted by atomic mass is 16.5. The number of esters is 1. The molecule has 0 unspecified atom stereocenters. The lowest BCUT2D eigenvalue weighted by atomic mass is 9.94. The van der Waals surface area contributed by atoms with E-state index in [4.69, 9.17) is 4.74 Å². The van der Waals surface area contributed by atoms with Gasteiger partial charge in [-0.15, -0.1) is 0 Å². The van der Waals surface area contributed by atoms with Crippen LogP contribution in [0.4, 0.5) is 0 Å². The van der Waals surface area contributed by atoms with Gasteiger partial charge in [-0.2, -0.15) is 0 Å². The Bertz CT molecular complexity index is 475. The van der Waals surface area contributed by atoms with Crippen molar-refractivity contribution in [2.45, 2.75) is 38.1 Å². The Morgan fingerprint density at radius 3 is 2.52 bits per heavy atom. The van der Waals surface area contributed by atoms with Crippen LogP contribution in [0.2, 0.25) is 0 Å². The zero-order valence-electron chi connectivity index (χ0n) is 13.0. The minimum absolute atomic E-state index is 0.235. The van der Waals surface area contributed by atoms with Crippen LogP contribution < -0.4 is 0 Å². The van der Waals surface area contributed by atoms with E-state index in [-0.39, 0.29) is 5.97 Å². The van der Waals surface area contributed by atoms with Crippen molar-refractivity contribution in [3.63, 3.8) is 0 Å². The summed E-state index contributed by atoms with van der Waals surface area (Å²) >= 11 is 0. The first-order valence-electron chi connectivity index (χ1n) is 7.75. The first-order valence-corrected chi connectivity index (χ1v) is 7.75. The molecule has 1 fully saturated rings. The molecule has 0 radical (unpaired) electrons. The molecule has 0 spiro atoms. The molecule has 21 heavy (non-hydrogen) atoms. The molecule has 1 aromatic carbocycles. The fourth-order valence-electron chi connectivity index (χ4n) is 2.97. The zero-order valence-corrected chi connectivity index (χ0v) is 13.0. The van der Waals surface area contributed by atoms with Gasteiger partial charge in [-0.3, -0.25) is 4.90 Å². The fourth-order valence-corrected chi connectivity index (χ4v) is 2.97. The summed E-state index contributed by atoms with van der Waals surface area (Å²) in [6.07, 6.45) is 8.34. The van der Waals surface area contributed by atoms with Crippen molar-refractivity contribution in [1.82, 2.24) is 4.90 Å². The maximum atomic E-state index is 12.0. The van der Waals surface area contributed by atoms with Crippen molar-refractivity contribution < 1.29 is 9.53 Å². The second-order valence-electron chi connectivity index (χ2n) is 5.78. The summed E-state index contributed by atoms with van der Waals surface area (Å²) in [7, 11) is 3.56. The SMILES string of the molecule is COC(=O)C(=Cc1ccccc1)CN(C)C1CCCCC1. The van der Waals surface area contributed by atoms with Crippen LogP contribution in [0.15, 0.2) is 35.9 Å². The molecule has 0 bridgehead atoms. The van der Waals surface area contributed by atoms with Crippen molar-refractivity contribution >= 4 is 12.0 Å². The van der Waals surface area contributed by atoms with Gasteiger partial charge in [-0.1, -0.05) is 49.6 Å². The minimum atomic E-state index is -0.235. The Morgan fingerprint density at radius 2 is 1.90 bits per heavy atom. The van der Waals surface area contributed by atoms with Crippen molar-refractivity contribution in [2.75, 3.05) is 20.7 Å². The predicted molar refractivity (Wildman–Crippen MR) is 85.9 cm³/mol. The average Bonchev–Trinajstić information content (AvgIpc) is 2.55. The molecule has 0 aromatic heterocycles. The lowest BCUT2D eigenvalue weighted by Crippen LogP contribution is -2.36. The molecule has 0 N–H and O–H groups in total. The molecule has 1 aromatic rings. The smallest absolute Gasteiger partial charge is 0.335 e. The Hall–Kier alpha value is -1.61. The van der Waals surface area contributed by atoms with E-state index in [0.29, 0.717) is 12.6 Å². The van der Waals surface area contributed by atoms with Crippen LogP contribution in [0.1, 0.15) is 37.7 Å². The molecule has 1 aliphatic rings. The van der Waals surface area contributed by atoms with Crippen LogP contribution in [0, 0.1) is 0 Å². The predicted octanol–water partition coefficient (Wildman–Crippen LogP) is 3.51. The fraction of sp³-hybridized carbons (Fsp3) is 0.500. The molecule has 2 rings (SSSR count). The normalized spacial score (nSPS) is 17.0. The van der Waals surface area contributed by atoms with E-state index < -0.39 is 0 Å². The van der Waals surface area contributed by atoms with Crippen LogP contribution in [0.25, 0.3) is 6.08 Å². The Balaban J connectivity index is 2.09. The van der Waals surface area contributed by atoms with Gasteiger partial charge in [0.15, 0.2) is 0 Å². The lowest BCUT2D eigenvalue weighted by Gasteiger charge is -2.31. The average molecular weight is 287 g/mol. The molecule has 3 nitrogen and oxygen atoms in total. The van der Waals surface area contributed by atoms with Gasteiger partial charge in [-0.05, 0) is 31.5 Å². The van der Waals surface area contributed by atoms with Gasteiger partial charge in [0, 0.05) is 12.6 Å². The number of likely N-dealkylation sites (N-methyl/N-ethyl adjacent to an activating group) is 1. The summed E-state index contributed by atoms with van der Waals surface area (Å²) in [5.41, 5.74) is 1.76. The Kier molecular flexibility index (Phi) is 6.00. The van der Waals surface area contributed by atoms with Crippen LogP contribution in [-0.4, -0.2) is 37.6 Å². The number of hydrogen-bond donors (Lipinski definition) is 0. The number of ether oxygens (including phenoxy) is 1. The van der Waals surface area contributed by atoms with Crippen LogP contribution >= 0.6 is 0 Å². The summed E-state index contributed by atoms with van der Waals surface area (Å²) in [6, 6.07) is 10.5. The maximum Gasteiger partial charge on any atom is 0.335 e. The van der Waals surface area contributed by atoms with E-state index in [1.54, 1.807) is 0 Å². The summed E-state index contributed by atoms with van der Waals surface area (Å²) < 4.78 is 4.94. The third-order valence-corrected chi connectivity index (χ3v) is 4.21. The number of carbonyl (C=O) groups is 1. The van der Waals surface area contributed by atoms with E-state index in [1.807, 2.05) is 36.4 Å². The van der Waals surface area contributed by atoms with Gasteiger partial charge in [0.05, 0.1) is 12.7 Å². The highest BCUT2D eigenvalue weighted by Gasteiger charge is 2.21. The maximum absolute atomic E-state index is 12.0. The summed E-state index contributed by atoms with van der Waals surface area (Å²) in [5.74, 6) is -0.235. The first-order chi connectivity index (χ1) is 10.2. The van der Waals surface area contributed by atoms with Crippen LogP contribution in [0.5, 0.6) is 0 Å². The Labute approximate surface area is 127 Å². The number of methoxy groups -OCH3 is 1. The van der Waals surface area contributed by atoms with Crippen molar-refractivity contribution in [2.24, 2.45) is 0 Å². The van der Waals surface area contributed by atoms with E-state index in [9.17, 15) is 4.79 Å². The van der Waals surface area contributed by atoms with Gasteiger partial charge >= 0.3 is 5.97 Å². The second-order valence-corrected chi connectivity index (χ2v) is 5.78. The van der Waals surface area contributed by atoms with Gasteiger partial charge in [0.1, 0.15) is 0 Å². The standard InChI is InChI=1S/C18H25NO2/c1-19(17-11-7-4-8-12-17)14-16(18(20)21-2)13-15-9-5-3-6-10-15/h3,5-6,9-10,13,17H,4,7-8,11-12,14H2,1-2H3. The first kappa shape index (κ1) is 15.8. The lowest BCUT2D eigenvalue weighted by molar-refractivity contribution is -0.136. The topological polar surface area (TPSA) is 29.5 Å². The monoisotopic (exact) mass is 287 g/mol. The number of rotatable bonds is 5. The van der Waals surface area contributed by atoms with Crippen LogP contribution in [0.3, 0.4) is 0 Å². The van der Waals surface area contributed by atoms with Gasteiger partial charge in [-0.25, -0.2) is 4.79 Å². The molecule has 3 heteroatoms. The summed E-state index contributed by atoms with van der Waals surface area (Å²) in [6.45, 7) is 0.645. The molecular weight excluding hydrogens is 262 g/mol. The molecule has 114 valence electrons. The highest BCUT2D eigenvalue weighted by molar-refractivity contribution is 5.94. The minimum Gasteiger partial charge on any atom is -0.466 e. The van der Waals surface area contributed by atoms with Gasteiger partial charge in [0.2, 0.25) is 0 Å². The van der Waals surface area contributed by atoms with E-state index >= 15 is 0 Å². The number of carbonyl (C=O) groups excluding carboxylic acids is 1.